The van der Waals surface area contributed by atoms with Crippen molar-refractivity contribution in [2.75, 3.05) is 38.2 Å². The molecule has 2 amide bonds. The number of methoxy groups -OCH3 is 1. The molecule has 0 aliphatic carbocycles. The van der Waals surface area contributed by atoms with Crippen molar-refractivity contribution in [3.63, 3.8) is 0 Å². The third-order valence-corrected chi connectivity index (χ3v) is 4.47. The summed E-state index contributed by atoms with van der Waals surface area (Å²) in [7, 11) is 1.65. The van der Waals surface area contributed by atoms with E-state index in [1.54, 1.807) is 31.1 Å². The van der Waals surface area contributed by atoms with Crippen LogP contribution in [0.15, 0.2) is 47.1 Å². The van der Waals surface area contributed by atoms with E-state index in [2.05, 4.69) is 10.2 Å². The molecule has 26 heavy (non-hydrogen) atoms. The molecule has 1 aliphatic heterocycles. The third kappa shape index (κ3) is 3.99. The summed E-state index contributed by atoms with van der Waals surface area (Å²) in [5.41, 5.74) is 1.08. The number of amides is 2. The maximum absolute atomic E-state index is 12.6. The van der Waals surface area contributed by atoms with Gasteiger partial charge in [0, 0.05) is 37.9 Å². The topological polar surface area (TPSA) is 75.0 Å². The molecule has 0 spiro atoms. The number of carbonyl (C=O) groups excluding carboxylic acids is 2. The molecule has 2 heterocycles. The molecule has 1 aromatic carbocycles. The molecular weight excluding hydrogens is 334 g/mol. The second-order valence-electron chi connectivity index (χ2n) is 6.19. The van der Waals surface area contributed by atoms with Gasteiger partial charge in [0.1, 0.15) is 11.8 Å². The van der Waals surface area contributed by atoms with Gasteiger partial charge in [-0.3, -0.25) is 9.59 Å². The number of carbonyl (C=O) groups is 2. The molecule has 1 atom stereocenters. The standard InChI is InChI=1S/C19H23N3O4/c1-14(20-18(23)17-7-4-12-26-17)19(24)22-10-8-21(9-11-22)15-5-3-6-16(13-15)25-2/h3-7,12-14H,8-11H2,1-2H3,(H,20,23). The van der Waals surface area contributed by atoms with Crippen molar-refractivity contribution >= 4 is 17.5 Å². The maximum Gasteiger partial charge on any atom is 0.287 e. The number of anilines is 1. The lowest BCUT2D eigenvalue weighted by Gasteiger charge is -2.37. The van der Waals surface area contributed by atoms with Gasteiger partial charge in [-0.2, -0.15) is 0 Å². The number of piperazine rings is 1. The van der Waals surface area contributed by atoms with Crippen molar-refractivity contribution in [1.82, 2.24) is 10.2 Å². The predicted octanol–water partition coefficient (Wildman–Crippen LogP) is 1.76. The van der Waals surface area contributed by atoms with E-state index in [-0.39, 0.29) is 17.6 Å². The van der Waals surface area contributed by atoms with Crippen LogP contribution >= 0.6 is 0 Å². The summed E-state index contributed by atoms with van der Waals surface area (Å²) in [6.07, 6.45) is 1.43. The smallest absolute Gasteiger partial charge is 0.287 e. The van der Waals surface area contributed by atoms with Gasteiger partial charge in [0.2, 0.25) is 5.91 Å². The molecule has 1 aromatic heterocycles. The minimum atomic E-state index is -0.601. The summed E-state index contributed by atoms with van der Waals surface area (Å²) < 4.78 is 10.3. The normalized spacial score (nSPS) is 15.5. The van der Waals surface area contributed by atoms with Crippen LogP contribution in [0.25, 0.3) is 0 Å². The lowest BCUT2D eigenvalue weighted by Crippen LogP contribution is -2.54. The summed E-state index contributed by atoms with van der Waals surface area (Å²) >= 11 is 0. The molecule has 0 bridgehead atoms. The number of nitrogens with zero attached hydrogens (tertiary/aromatic N) is 2. The number of furan rings is 1. The Kier molecular flexibility index (Phi) is 5.46. The zero-order valence-electron chi connectivity index (χ0n) is 15.0. The Morgan fingerprint density at radius 3 is 2.58 bits per heavy atom. The van der Waals surface area contributed by atoms with Crippen molar-refractivity contribution in [1.29, 1.82) is 0 Å². The number of benzene rings is 1. The van der Waals surface area contributed by atoms with E-state index >= 15 is 0 Å². The number of nitrogens with one attached hydrogen (secondary N) is 1. The molecule has 7 heteroatoms. The lowest BCUT2D eigenvalue weighted by molar-refractivity contribution is -0.133. The minimum absolute atomic E-state index is 0.0878. The fourth-order valence-electron chi connectivity index (χ4n) is 3.00. The Bertz CT molecular complexity index is 752. The van der Waals surface area contributed by atoms with Gasteiger partial charge < -0.3 is 24.3 Å². The van der Waals surface area contributed by atoms with Crippen LogP contribution in [0.5, 0.6) is 5.75 Å². The van der Waals surface area contributed by atoms with E-state index in [1.165, 1.54) is 6.26 Å². The number of hydrogen-bond donors (Lipinski definition) is 1. The average Bonchev–Trinajstić information content (AvgIpc) is 3.22. The van der Waals surface area contributed by atoms with Gasteiger partial charge in [-0.1, -0.05) is 6.07 Å². The molecular formula is C19H23N3O4. The molecule has 1 unspecified atom stereocenters. The number of hydrogen-bond acceptors (Lipinski definition) is 5. The van der Waals surface area contributed by atoms with Crippen LogP contribution in [0.4, 0.5) is 5.69 Å². The number of ether oxygens (including phenoxy) is 1. The summed E-state index contributed by atoms with van der Waals surface area (Å²) in [5.74, 6) is 0.545. The average molecular weight is 357 g/mol. The fourth-order valence-corrected chi connectivity index (χ4v) is 3.00. The predicted molar refractivity (Wildman–Crippen MR) is 97.4 cm³/mol. The summed E-state index contributed by atoms with van der Waals surface area (Å²) in [6.45, 7) is 4.38. The molecule has 1 fully saturated rings. The van der Waals surface area contributed by atoms with Crippen molar-refractivity contribution < 1.29 is 18.7 Å². The van der Waals surface area contributed by atoms with Crippen LogP contribution in [0, 0.1) is 0 Å². The van der Waals surface area contributed by atoms with E-state index in [4.69, 9.17) is 9.15 Å². The second kappa shape index (κ2) is 7.95. The Balaban J connectivity index is 1.53. The Labute approximate surface area is 152 Å². The van der Waals surface area contributed by atoms with Crippen LogP contribution in [-0.2, 0) is 4.79 Å². The van der Waals surface area contributed by atoms with Gasteiger partial charge in [-0.05, 0) is 31.2 Å². The molecule has 1 N–H and O–H groups in total. The molecule has 0 radical (unpaired) electrons. The van der Waals surface area contributed by atoms with Crippen molar-refractivity contribution in [3.8, 4) is 5.75 Å². The zero-order valence-corrected chi connectivity index (χ0v) is 15.0. The Morgan fingerprint density at radius 2 is 1.92 bits per heavy atom. The van der Waals surface area contributed by atoms with E-state index in [1.807, 2.05) is 24.3 Å². The van der Waals surface area contributed by atoms with Gasteiger partial charge in [0.15, 0.2) is 5.76 Å². The van der Waals surface area contributed by atoms with Crippen molar-refractivity contribution in [3.05, 3.63) is 48.4 Å². The molecule has 3 rings (SSSR count). The summed E-state index contributed by atoms with van der Waals surface area (Å²) in [5, 5.41) is 2.68. The minimum Gasteiger partial charge on any atom is -0.497 e. The highest BCUT2D eigenvalue weighted by atomic mass is 16.5. The first-order chi connectivity index (χ1) is 12.6. The van der Waals surface area contributed by atoms with Crippen LogP contribution in [-0.4, -0.2) is 56.0 Å². The van der Waals surface area contributed by atoms with Crippen LogP contribution < -0.4 is 15.0 Å². The van der Waals surface area contributed by atoms with Gasteiger partial charge >= 0.3 is 0 Å². The molecule has 138 valence electrons. The van der Waals surface area contributed by atoms with Gasteiger partial charge in [-0.25, -0.2) is 0 Å². The quantitative estimate of drug-likeness (QED) is 0.882. The molecule has 2 aromatic rings. The zero-order chi connectivity index (χ0) is 18.5. The van der Waals surface area contributed by atoms with E-state index in [0.29, 0.717) is 13.1 Å². The van der Waals surface area contributed by atoms with Crippen molar-refractivity contribution in [2.45, 2.75) is 13.0 Å². The monoisotopic (exact) mass is 357 g/mol. The molecule has 7 nitrogen and oxygen atoms in total. The van der Waals surface area contributed by atoms with Gasteiger partial charge in [0.05, 0.1) is 13.4 Å². The van der Waals surface area contributed by atoms with Gasteiger partial charge in [0.25, 0.3) is 5.91 Å². The first kappa shape index (κ1) is 17.8. The molecule has 1 saturated heterocycles. The highest BCUT2D eigenvalue weighted by molar-refractivity contribution is 5.95. The van der Waals surface area contributed by atoms with Crippen molar-refractivity contribution in [2.24, 2.45) is 0 Å². The van der Waals surface area contributed by atoms with E-state index < -0.39 is 6.04 Å². The molecule has 0 saturated carbocycles. The summed E-state index contributed by atoms with van der Waals surface area (Å²) in [4.78, 5) is 28.6. The summed E-state index contributed by atoms with van der Waals surface area (Å²) in [6, 6.07) is 10.5. The van der Waals surface area contributed by atoms with Crippen LogP contribution in [0.2, 0.25) is 0 Å². The largest absolute Gasteiger partial charge is 0.497 e. The van der Waals surface area contributed by atoms with Crippen LogP contribution in [0.1, 0.15) is 17.5 Å². The number of rotatable bonds is 5. The third-order valence-electron chi connectivity index (χ3n) is 4.47. The fraction of sp³-hybridized carbons (Fsp3) is 0.368. The highest BCUT2D eigenvalue weighted by Crippen LogP contribution is 2.22. The van der Waals surface area contributed by atoms with Crippen LogP contribution in [0.3, 0.4) is 0 Å². The van der Waals surface area contributed by atoms with E-state index in [0.717, 1.165) is 24.5 Å². The Hall–Kier alpha value is -2.96. The Morgan fingerprint density at radius 1 is 1.15 bits per heavy atom. The maximum atomic E-state index is 12.6. The SMILES string of the molecule is COc1cccc(N2CCN(C(=O)C(C)NC(=O)c3ccco3)CC2)c1. The lowest BCUT2D eigenvalue weighted by atomic mass is 10.2. The van der Waals surface area contributed by atoms with E-state index in [9.17, 15) is 9.59 Å². The molecule has 1 aliphatic rings. The highest BCUT2D eigenvalue weighted by Gasteiger charge is 2.26. The first-order valence-electron chi connectivity index (χ1n) is 8.60. The van der Waals surface area contributed by atoms with Gasteiger partial charge in [-0.15, -0.1) is 0 Å². The second-order valence-corrected chi connectivity index (χ2v) is 6.19. The first-order valence-corrected chi connectivity index (χ1v) is 8.60.